The van der Waals surface area contributed by atoms with E-state index in [2.05, 4.69) is 22.9 Å². The summed E-state index contributed by atoms with van der Waals surface area (Å²) in [6.45, 7) is 5.06. The van der Waals surface area contributed by atoms with Gasteiger partial charge in [0.15, 0.2) is 0 Å². The first-order valence-electron chi connectivity index (χ1n) is 7.83. The number of hydrogen-bond acceptors (Lipinski definition) is 3. The van der Waals surface area contributed by atoms with E-state index >= 15 is 0 Å². The Balaban J connectivity index is 1.60. The molecule has 1 aliphatic heterocycles. The fourth-order valence-electron chi connectivity index (χ4n) is 2.71. The lowest BCUT2D eigenvalue weighted by Gasteiger charge is -2.16. The maximum absolute atomic E-state index is 12.1. The monoisotopic (exact) mass is 387 g/mol. The van der Waals surface area contributed by atoms with Crippen LogP contribution in [0.2, 0.25) is 0 Å². The molecule has 0 bridgehead atoms. The highest BCUT2D eigenvalue weighted by Gasteiger charge is 2.35. The summed E-state index contributed by atoms with van der Waals surface area (Å²) < 4.78 is 6.53. The molecule has 0 saturated heterocycles. The number of Topliss-reactive ketones (excluding diaryl/α,β-unsaturated/α-hetero) is 1. The maximum atomic E-state index is 12.1. The van der Waals surface area contributed by atoms with Crippen molar-refractivity contribution in [3.63, 3.8) is 0 Å². The summed E-state index contributed by atoms with van der Waals surface area (Å²) in [5, 5.41) is 0. The number of rotatable bonds is 5. The first-order chi connectivity index (χ1) is 11.5. The van der Waals surface area contributed by atoms with Gasteiger partial charge in [-0.1, -0.05) is 22.0 Å². The lowest BCUT2D eigenvalue weighted by atomic mass is 10.1. The van der Waals surface area contributed by atoms with Crippen molar-refractivity contribution < 1.29 is 14.3 Å². The Labute approximate surface area is 149 Å². The Kier molecular flexibility index (Phi) is 4.71. The first kappa shape index (κ1) is 16.7. The number of anilines is 1. The minimum Gasteiger partial charge on any atom is -0.494 e. The number of ketones is 1. The van der Waals surface area contributed by atoms with Gasteiger partial charge in [-0.2, -0.15) is 0 Å². The number of halogens is 1. The van der Waals surface area contributed by atoms with Crippen molar-refractivity contribution in [2.24, 2.45) is 0 Å². The van der Waals surface area contributed by atoms with Crippen LogP contribution in [0.25, 0.3) is 0 Å². The van der Waals surface area contributed by atoms with Crippen LogP contribution >= 0.6 is 15.9 Å². The number of carbonyl (C=O) groups is 2. The van der Waals surface area contributed by atoms with Crippen molar-refractivity contribution in [1.29, 1.82) is 0 Å². The van der Waals surface area contributed by atoms with Gasteiger partial charge < -0.3 is 9.64 Å². The van der Waals surface area contributed by atoms with Gasteiger partial charge in [0.1, 0.15) is 5.75 Å². The molecule has 3 rings (SSSR count). The molecule has 2 aromatic carbocycles. The fraction of sp³-hybridized carbons (Fsp3) is 0.263. The molecule has 1 aliphatic rings. The first-order valence-corrected chi connectivity index (χ1v) is 8.62. The zero-order chi connectivity index (χ0) is 17.3. The van der Waals surface area contributed by atoms with Crippen molar-refractivity contribution >= 4 is 33.3 Å². The van der Waals surface area contributed by atoms with Gasteiger partial charge in [0.25, 0.3) is 11.7 Å². The number of ether oxygens (including phenoxy) is 1. The molecule has 0 fully saturated rings. The smallest absolute Gasteiger partial charge is 0.299 e. The molecule has 0 saturated carbocycles. The maximum Gasteiger partial charge on any atom is 0.299 e. The highest BCUT2D eigenvalue weighted by Crippen LogP contribution is 2.31. The van der Waals surface area contributed by atoms with Gasteiger partial charge in [-0.15, -0.1) is 0 Å². The van der Waals surface area contributed by atoms with Crippen LogP contribution in [-0.2, 0) is 4.79 Å². The quantitative estimate of drug-likeness (QED) is 0.573. The highest BCUT2D eigenvalue weighted by molar-refractivity contribution is 9.10. The second kappa shape index (κ2) is 6.77. The Morgan fingerprint density at radius 1 is 1.04 bits per heavy atom. The lowest BCUT2D eigenvalue weighted by molar-refractivity contribution is -0.114. The molecule has 0 spiro atoms. The van der Waals surface area contributed by atoms with E-state index in [0.29, 0.717) is 30.8 Å². The van der Waals surface area contributed by atoms with Crippen molar-refractivity contribution in [2.75, 3.05) is 18.1 Å². The third-order valence-electron chi connectivity index (χ3n) is 4.21. The van der Waals surface area contributed by atoms with Crippen LogP contribution in [0.15, 0.2) is 40.9 Å². The standard InChI is InChI=1S/C19H18BrNO3/c1-12-4-6-15(10-13(12)2)24-9-3-8-21-17-7-5-14(20)11-16(17)18(22)19(21)23/h4-7,10-11H,3,8-9H2,1-2H3. The molecule has 24 heavy (non-hydrogen) atoms. The number of aryl methyl sites for hydroxylation is 2. The second-order valence-electron chi connectivity index (χ2n) is 5.90. The number of fused-ring (bicyclic) bond motifs is 1. The predicted octanol–water partition coefficient (Wildman–Crippen LogP) is 4.06. The molecule has 124 valence electrons. The van der Waals surface area contributed by atoms with Crippen LogP contribution < -0.4 is 9.64 Å². The van der Waals surface area contributed by atoms with Crippen LogP contribution in [0, 0.1) is 13.8 Å². The van der Waals surface area contributed by atoms with E-state index in [4.69, 9.17) is 4.74 Å². The molecule has 1 heterocycles. The van der Waals surface area contributed by atoms with Crippen molar-refractivity contribution in [1.82, 2.24) is 0 Å². The summed E-state index contributed by atoms with van der Waals surface area (Å²) in [6.07, 6.45) is 0.654. The summed E-state index contributed by atoms with van der Waals surface area (Å²) >= 11 is 3.33. The van der Waals surface area contributed by atoms with Gasteiger partial charge in [0.2, 0.25) is 0 Å². The van der Waals surface area contributed by atoms with Crippen LogP contribution in [0.5, 0.6) is 5.75 Å². The Morgan fingerprint density at radius 3 is 2.58 bits per heavy atom. The Bertz CT molecular complexity index is 816. The molecule has 2 aromatic rings. The molecule has 0 aromatic heterocycles. The van der Waals surface area contributed by atoms with Crippen LogP contribution in [0.4, 0.5) is 5.69 Å². The normalized spacial score (nSPS) is 13.4. The third-order valence-corrected chi connectivity index (χ3v) is 4.70. The highest BCUT2D eigenvalue weighted by atomic mass is 79.9. The zero-order valence-corrected chi connectivity index (χ0v) is 15.2. The van der Waals surface area contributed by atoms with E-state index in [0.717, 1.165) is 10.2 Å². The van der Waals surface area contributed by atoms with Gasteiger partial charge >= 0.3 is 0 Å². The molecule has 4 nitrogen and oxygen atoms in total. The van der Waals surface area contributed by atoms with Gasteiger partial charge in [-0.25, -0.2) is 0 Å². The van der Waals surface area contributed by atoms with Gasteiger partial charge in [0.05, 0.1) is 17.9 Å². The molecule has 5 heteroatoms. The summed E-state index contributed by atoms with van der Waals surface area (Å²) in [5.41, 5.74) is 3.56. The SMILES string of the molecule is Cc1ccc(OCCCN2C(=O)C(=O)c3cc(Br)ccc32)cc1C. The number of hydrogen-bond donors (Lipinski definition) is 0. The average Bonchev–Trinajstić information content (AvgIpc) is 2.79. The molecule has 0 radical (unpaired) electrons. The van der Waals surface area contributed by atoms with Crippen LogP contribution in [0.3, 0.4) is 0 Å². The summed E-state index contributed by atoms with van der Waals surface area (Å²) in [6, 6.07) is 11.3. The molecular weight excluding hydrogens is 370 g/mol. The summed E-state index contributed by atoms with van der Waals surface area (Å²) in [7, 11) is 0. The Morgan fingerprint density at radius 2 is 1.83 bits per heavy atom. The van der Waals surface area contributed by atoms with E-state index in [9.17, 15) is 9.59 Å². The number of carbonyl (C=O) groups excluding carboxylic acids is 2. The van der Waals surface area contributed by atoms with Crippen molar-refractivity contribution in [2.45, 2.75) is 20.3 Å². The van der Waals surface area contributed by atoms with Gasteiger partial charge in [0, 0.05) is 11.0 Å². The topological polar surface area (TPSA) is 46.6 Å². The molecular formula is C19H18BrNO3. The van der Waals surface area contributed by atoms with E-state index in [1.807, 2.05) is 31.2 Å². The molecule has 0 atom stereocenters. The van der Waals surface area contributed by atoms with E-state index in [-0.39, 0.29) is 0 Å². The van der Waals surface area contributed by atoms with Gasteiger partial charge in [-0.3, -0.25) is 9.59 Å². The Hall–Kier alpha value is -2.14. The number of nitrogens with zero attached hydrogens (tertiary/aromatic N) is 1. The van der Waals surface area contributed by atoms with Crippen LogP contribution in [-0.4, -0.2) is 24.8 Å². The molecule has 0 N–H and O–H groups in total. The zero-order valence-electron chi connectivity index (χ0n) is 13.6. The van der Waals surface area contributed by atoms with E-state index in [1.54, 1.807) is 12.1 Å². The largest absolute Gasteiger partial charge is 0.494 e. The minimum absolute atomic E-state index is 0.443. The van der Waals surface area contributed by atoms with E-state index < -0.39 is 11.7 Å². The molecule has 1 amide bonds. The summed E-state index contributed by atoms with van der Waals surface area (Å²) in [4.78, 5) is 25.7. The molecule has 0 unspecified atom stereocenters. The van der Waals surface area contributed by atoms with Crippen molar-refractivity contribution in [3.8, 4) is 5.75 Å². The minimum atomic E-state index is -0.464. The molecule has 0 aliphatic carbocycles. The number of amides is 1. The van der Waals surface area contributed by atoms with E-state index in [1.165, 1.54) is 16.0 Å². The third kappa shape index (κ3) is 3.22. The average molecular weight is 388 g/mol. The fourth-order valence-corrected chi connectivity index (χ4v) is 3.07. The van der Waals surface area contributed by atoms with Gasteiger partial charge in [-0.05, 0) is 61.7 Å². The number of benzene rings is 2. The lowest BCUT2D eigenvalue weighted by Crippen LogP contribution is -2.31. The second-order valence-corrected chi connectivity index (χ2v) is 6.81. The van der Waals surface area contributed by atoms with Crippen LogP contribution in [0.1, 0.15) is 27.9 Å². The summed E-state index contributed by atoms with van der Waals surface area (Å²) in [5.74, 6) is -0.0816. The van der Waals surface area contributed by atoms with Crippen molar-refractivity contribution in [3.05, 3.63) is 57.6 Å². The predicted molar refractivity (Wildman–Crippen MR) is 96.9 cm³/mol.